The summed E-state index contributed by atoms with van der Waals surface area (Å²) >= 11 is 1.74. The third kappa shape index (κ3) is 5.59. The summed E-state index contributed by atoms with van der Waals surface area (Å²) in [5.74, 6) is 1.73. The van der Waals surface area contributed by atoms with E-state index >= 15 is 0 Å². The number of benzene rings is 1. The Labute approximate surface area is 159 Å². The van der Waals surface area contributed by atoms with E-state index < -0.39 is 0 Å². The first-order valence-electron chi connectivity index (χ1n) is 9.33. The first kappa shape index (κ1) is 19.5. The lowest BCUT2D eigenvalue weighted by atomic mass is 10.1. The van der Waals surface area contributed by atoms with E-state index in [0.717, 1.165) is 62.1 Å². The molecule has 1 aromatic carbocycles. The van der Waals surface area contributed by atoms with Crippen LogP contribution in [-0.4, -0.2) is 68.7 Å². The van der Waals surface area contributed by atoms with E-state index in [2.05, 4.69) is 15.2 Å². The first-order chi connectivity index (χ1) is 12.8. The third-order valence-electron chi connectivity index (χ3n) is 4.67. The maximum absolute atomic E-state index is 12.9. The molecule has 144 valence electrons. The van der Waals surface area contributed by atoms with Crippen LogP contribution in [0.1, 0.15) is 19.3 Å². The Morgan fingerprint density at radius 3 is 2.81 bits per heavy atom. The van der Waals surface area contributed by atoms with Gasteiger partial charge in [-0.1, -0.05) is 0 Å². The Balaban J connectivity index is 1.37. The molecule has 2 heterocycles. The van der Waals surface area contributed by atoms with Gasteiger partial charge in [-0.25, -0.2) is 4.39 Å². The van der Waals surface area contributed by atoms with Crippen molar-refractivity contribution < 1.29 is 13.9 Å². The number of rotatable bonds is 6. The predicted octanol–water partition coefficient (Wildman–Crippen LogP) is 2.76. The fourth-order valence-electron chi connectivity index (χ4n) is 3.31. The lowest BCUT2D eigenvalue weighted by Crippen LogP contribution is -2.53. The molecular weight excluding hydrogens is 353 g/mol. The number of nitrogens with one attached hydrogen (secondary N) is 1. The minimum Gasteiger partial charge on any atom is -0.375 e. The Kier molecular flexibility index (Phi) is 7.58. The van der Waals surface area contributed by atoms with Gasteiger partial charge in [-0.2, -0.15) is 0 Å². The van der Waals surface area contributed by atoms with E-state index in [1.54, 1.807) is 11.8 Å². The minimum atomic E-state index is -0.188. The maximum Gasteiger partial charge on any atom is 0.193 e. The second kappa shape index (κ2) is 10.1. The summed E-state index contributed by atoms with van der Waals surface area (Å²) in [6.45, 7) is 4.11. The van der Waals surface area contributed by atoms with Crippen LogP contribution >= 0.6 is 11.8 Å². The van der Waals surface area contributed by atoms with Crippen LogP contribution in [-0.2, 0) is 9.47 Å². The number of morpholine rings is 1. The third-order valence-corrected chi connectivity index (χ3v) is 5.77. The van der Waals surface area contributed by atoms with Gasteiger partial charge in [0.1, 0.15) is 11.9 Å². The number of nitrogens with zero attached hydrogens (tertiary/aromatic N) is 2. The van der Waals surface area contributed by atoms with Crippen LogP contribution in [0.5, 0.6) is 0 Å². The average molecular weight is 382 g/mol. The zero-order valence-corrected chi connectivity index (χ0v) is 16.1. The minimum absolute atomic E-state index is 0.138. The zero-order chi connectivity index (χ0) is 18.2. The Morgan fingerprint density at radius 1 is 1.27 bits per heavy atom. The topological polar surface area (TPSA) is 46.1 Å². The molecule has 2 unspecified atom stereocenters. The van der Waals surface area contributed by atoms with Crippen LogP contribution in [0.3, 0.4) is 0 Å². The molecule has 0 aromatic heterocycles. The molecule has 1 aromatic rings. The normalized spacial score (nSPS) is 24.1. The van der Waals surface area contributed by atoms with E-state index in [4.69, 9.17) is 9.47 Å². The Bertz CT molecular complexity index is 579. The van der Waals surface area contributed by atoms with Crippen LogP contribution in [0.2, 0.25) is 0 Å². The molecule has 1 N–H and O–H groups in total. The number of ether oxygens (including phenoxy) is 2. The van der Waals surface area contributed by atoms with Crippen molar-refractivity contribution >= 4 is 17.7 Å². The SMILES string of the molecule is CN=C(NCCCSc1ccc(F)cc1)N1CCOC(C2CCCO2)C1. The van der Waals surface area contributed by atoms with E-state index in [-0.39, 0.29) is 18.0 Å². The standard InChI is InChI=1S/C19H28FN3O2S/c1-21-19(22-9-3-13-26-16-7-5-15(20)6-8-16)23-10-12-25-18(14-23)17-4-2-11-24-17/h5-8,17-18H,2-4,9-14H2,1H3,(H,21,22). The number of hydrogen-bond donors (Lipinski definition) is 1. The number of guanidine groups is 1. The summed E-state index contributed by atoms with van der Waals surface area (Å²) < 4.78 is 24.6. The monoisotopic (exact) mass is 381 g/mol. The van der Waals surface area contributed by atoms with Gasteiger partial charge in [0.05, 0.1) is 12.7 Å². The van der Waals surface area contributed by atoms with Crippen molar-refractivity contribution in [1.82, 2.24) is 10.2 Å². The van der Waals surface area contributed by atoms with Gasteiger partial charge in [-0.3, -0.25) is 4.99 Å². The number of hydrogen-bond acceptors (Lipinski definition) is 4. The number of halogens is 1. The second-order valence-electron chi connectivity index (χ2n) is 6.54. The van der Waals surface area contributed by atoms with Crippen molar-refractivity contribution in [2.45, 2.75) is 36.4 Å². The highest BCUT2D eigenvalue weighted by molar-refractivity contribution is 7.99. The lowest BCUT2D eigenvalue weighted by molar-refractivity contribution is -0.0816. The van der Waals surface area contributed by atoms with Crippen LogP contribution in [0.15, 0.2) is 34.2 Å². The molecule has 2 aliphatic rings. The highest BCUT2D eigenvalue weighted by atomic mass is 32.2. The van der Waals surface area contributed by atoms with Gasteiger partial charge in [0.25, 0.3) is 0 Å². The molecule has 26 heavy (non-hydrogen) atoms. The maximum atomic E-state index is 12.9. The van der Waals surface area contributed by atoms with Gasteiger partial charge < -0.3 is 19.7 Å². The molecule has 0 amide bonds. The van der Waals surface area contributed by atoms with Crippen LogP contribution in [0.4, 0.5) is 4.39 Å². The number of thioether (sulfide) groups is 1. The van der Waals surface area contributed by atoms with Crippen molar-refractivity contribution in [2.75, 3.05) is 45.6 Å². The average Bonchev–Trinajstić information content (AvgIpc) is 3.21. The summed E-state index contributed by atoms with van der Waals surface area (Å²) in [5, 5.41) is 3.45. The molecule has 2 saturated heterocycles. The van der Waals surface area contributed by atoms with Crippen molar-refractivity contribution in [3.63, 3.8) is 0 Å². The molecule has 2 atom stereocenters. The number of aliphatic imine (C=N–C) groups is 1. The molecule has 3 rings (SSSR count). The predicted molar refractivity (Wildman–Crippen MR) is 103 cm³/mol. The molecule has 7 heteroatoms. The molecule has 2 fully saturated rings. The molecule has 0 spiro atoms. The highest BCUT2D eigenvalue weighted by Gasteiger charge is 2.32. The molecule has 0 radical (unpaired) electrons. The van der Waals surface area contributed by atoms with E-state index in [1.165, 1.54) is 12.1 Å². The van der Waals surface area contributed by atoms with Crippen LogP contribution in [0.25, 0.3) is 0 Å². The van der Waals surface area contributed by atoms with Crippen molar-refractivity contribution in [2.24, 2.45) is 4.99 Å². The van der Waals surface area contributed by atoms with Crippen LogP contribution < -0.4 is 5.32 Å². The van der Waals surface area contributed by atoms with Crippen molar-refractivity contribution in [3.05, 3.63) is 30.1 Å². The summed E-state index contributed by atoms with van der Waals surface area (Å²) in [6, 6.07) is 6.66. The smallest absolute Gasteiger partial charge is 0.193 e. The molecular formula is C19H28FN3O2S. The molecule has 2 aliphatic heterocycles. The van der Waals surface area contributed by atoms with Gasteiger partial charge in [-0.05, 0) is 49.3 Å². The Hall–Kier alpha value is -1.31. The van der Waals surface area contributed by atoms with E-state index in [0.29, 0.717) is 6.61 Å². The van der Waals surface area contributed by atoms with Crippen molar-refractivity contribution in [1.29, 1.82) is 0 Å². The van der Waals surface area contributed by atoms with Crippen LogP contribution in [0, 0.1) is 5.82 Å². The molecule has 0 saturated carbocycles. The largest absolute Gasteiger partial charge is 0.375 e. The molecule has 0 aliphatic carbocycles. The fourth-order valence-corrected chi connectivity index (χ4v) is 4.17. The molecule has 5 nitrogen and oxygen atoms in total. The summed E-state index contributed by atoms with van der Waals surface area (Å²) in [5.41, 5.74) is 0. The summed E-state index contributed by atoms with van der Waals surface area (Å²) in [7, 11) is 1.83. The Morgan fingerprint density at radius 2 is 2.08 bits per heavy atom. The van der Waals surface area contributed by atoms with Gasteiger partial charge in [-0.15, -0.1) is 11.8 Å². The van der Waals surface area contributed by atoms with Crippen molar-refractivity contribution in [3.8, 4) is 0 Å². The quantitative estimate of drug-likeness (QED) is 0.355. The van der Waals surface area contributed by atoms with E-state index in [1.807, 2.05) is 19.2 Å². The van der Waals surface area contributed by atoms with Gasteiger partial charge >= 0.3 is 0 Å². The van der Waals surface area contributed by atoms with E-state index in [9.17, 15) is 4.39 Å². The zero-order valence-electron chi connectivity index (χ0n) is 15.3. The molecule has 0 bridgehead atoms. The highest BCUT2D eigenvalue weighted by Crippen LogP contribution is 2.21. The lowest BCUT2D eigenvalue weighted by Gasteiger charge is -2.37. The van der Waals surface area contributed by atoms with Gasteiger partial charge in [0.15, 0.2) is 5.96 Å². The summed E-state index contributed by atoms with van der Waals surface area (Å²) in [6.07, 6.45) is 3.59. The summed E-state index contributed by atoms with van der Waals surface area (Å²) in [4.78, 5) is 7.79. The van der Waals surface area contributed by atoms with Gasteiger partial charge in [0, 0.05) is 38.2 Å². The first-order valence-corrected chi connectivity index (χ1v) is 10.3. The van der Waals surface area contributed by atoms with Gasteiger partial charge in [0.2, 0.25) is 0 Å². The fraction of sp³-hybridized carbons (Fsp3) is 0.632. The second-order valence-corrected chi connectivity index (χ2v) is 7.70.